The molecule has 0 atom stereocenters. The monoisotopic (exact) mass is 422 g/mol. The molecular formula is C28H26N2O2. The van der Waals surface area contributed by atoms with E-state index in [9.17, 15) is 0 Å². The van der Waals surface area contributed by atoms with Crippen LogP contribution in [0, 0.1) is 0 Å². The normalized spacial score (nSPS) is 11.3. The lowest BCUT2D eigenvalue weighted by Crippen LogP contribution is -2.00. The maximum absolute atomic E-state index is 9.14. The number of aliphatic hydroxyl groups is 2. The van der Waals surface area contributed by atoms with E-state index in [4.69, 9.17) is 10.2 Å². The fourth-order valence-electron chi connectivity index (χ4n) is 4.69. The van der Waals surface area contributed by atoms with Gasteiger partial charge in [0, 0.05) is 56.7 Å². The number of aliphatic hydroxyl groups excluding tert-OH is 2. The maximum Gasteiger partial charge on any atom is 0.0610 e. The minimum atomic E-state index is 0.169. The lowest BCUT2D eigenvalue weighted by atomic mass is 10.2. The average molecular weight is 423 g/mol. The smallest absolute Gasteiger partial charge is 0.0610 e. The fourth-order valence-corrected chi connectivity index (χ4v) is 4.69. The summed E-state index contributed by atoms with van der Waals surface area (Å²) in [6, 6.07) is 33.3. The van der Waals surface area contributed by atoms with Crippen molar-refractivity contribution in [1.29, 1.82) is 0 Å². The summed E-state index contributed by atoms with van der Waals surface area (Å²) in [7, 11) is 0. The third kappa shape index (κ3) is 3.44. The molecule has 0 fully saturated rings. The van der Waals surface area contributed by atoms with Crippen LogP contribution in [0.4, 0.5) is 0 Å². The average Bonchev–Trinajstić information content (AvgIpc) is 3.34. The molecule has 0 spiro atoms. The summed E-state index contributed by atoms with van der Waals surface area (Å²) in [5.74, 6) is 0. The molecule has 160 valence electrons. The molecule has 32 heavy (non-hydrogen) atoms. The molecule has 0 radical (unpaired) electrons. The molecule has 0 bridgehead atoms. The zero-order valence-electron chi connectivity index (χ0n) is 17.9. The van der Waals surface area contributed by atoms with E-state index in [0.717, 1.165) is 0 Å². The first kappa shape index (κ1) is 20.3. The van der Waals surface area contributed by atoms with E-state index >= 15 is 0 Å². The Balaban J connectivity index is 0.000000135. The highest BCUT2D eigenvalue weighted by Crippen LogP contribution is 2.29. The Kier molecular flexibility index (Phi) is 5.63. The van der Waals surface area contributed by atoms with Gasteiger partial charge in [-0.3, -0.25) is 0 Å². The van der Waals surface area contributed by atoms with Crippen LogP contribution in [0.2, 0.25) is 0 Å². The summed E-state index contributed by atoms with van der Waals surface area (Å²) in [6.07, 6.45) is 0. The molecule has 4 heteroatoms. The van der Waals surface area contributed by atoms with E-state index in [1.807, 2.05) is 24.3 Å². The van der Waals surface area contributed by atoms with Crippen molar-refractivity contribution in [3.05, 3.63) is 97.1 Å². The summed E-state index contributed by atoms with van der Waals surface area (Å²) in [4.78, 5) is 0. The maximum atomic E-state index is 9.14. The van der Waals surface area contributed by atoms with Crippen LogP contribution in [0.5, 0.6) is 0 Å². The van der Waals surface area contributed by atoms with Crippen LogP contribution in [0.3, 0.4) is 0 Å². The van der Waals surface area contributed by atoms with Crippen LogP contribution < -0.4 is 0 Å². The molecular weight excluding hydrogens is 396 g/mol. The first-order valence-electron chi connectivity index (χ1n) is 11.0. The number of hydrogen-bond donors (Lipinski definition) is 2. The summed E-state index contributed by atoms with van der Waals surface area (Å²) >= 11 is 0. The molecule has 2 heterocycles. The number of fused-ring (bicyclic) bond motifs is 6. The Morgan fingerprint density at radius 2 is 0.656 bits per heavy atom. The number of hydrogen-bond acceptors (Lipinski definition) is 2. The Hall–Kier alpha value is -3.60. The van der Waals surface area contributed by atoms with Gasteiger partial charge in [-0.15, -0.1) is 0 Å². The van der Waals surface area contributed by atoms with Crippen molar-refractivity contribution in [3.63, 3.8) is 0 Å². The van der Waals surface area contributed by atoms with Crippen molar-refractivity contribution in [2.45, 2.75) is 13.1 Å². The third-order valence-electron chi connectivity index (χ3n) is 6.01. The summed E-state index contributed by atoms with van der Waals surface area (Å²) in [5, 5.41) is 23.3. The lowest BCUT2D eigenvalue weighted by Gasteiger charge is -2.03. The van der Waals surface area contributed by atoms with Gasteiger partial charge < -0.3 is 19.3 Å². The predicted molar refractivity (Wildman–Crippen MR) is 133 cm³/mol. The summed E-state index contributed by atoms with van der Waals surface area (Å²) in [6.45, 7) is 1.63. The Labute approximate surface area is 186 Å². The standard InChI is InChI=1S/2C14H13NO/c2*16-10-9-15-13-7-3-1-5-11(13)12-6-2-4-8-14(12)15/h2*1-8,16H,9-10H2. The minimum Gasteiger partial charge on any atom is -0.395 e. The Bertz CT molecular complexity index is 1290. The second kappa shape index (κ2) is 8.87. The quantitative estimate of drug-likeness (QED) is 0.390. The zero-order chi connectivity index (χ0) is 21.9. The number of aromatic nitrogens is 2. The molecule has 2 N–H and O–H groups in total. The van der Waals surface area contributed by atoms with E-state index < -0.39 is 0 Å². The van der Waals surface area contributed by atoms with E-state index in [0.29, 0.717) is 13.1 Å². The molecule has 4 nitrogen and oxygen atoms in total. The van der Waals surface area contributed by atoms with Crippen LogP contribution >= 0.6 is 0 Å². The highest BCUT2D eigenvalue weighted by atomic mass is 16.3. The van der Waals surface area contributed by atoms with Gasteiger partial charge in [0.05, 0.1) is 13.2 Å². The van der Waals surface area contributed by atoms with Gasteiger partial charge >= 0.3 is 0 Å². The number of rotatable bonds is 4. The third-order valence-corrected chi connectivity index (χ3v) is 6.01. The van der Waals surface area contributed by atoms with Gasteiger partial charge in [-0.25, -0.2) is 0 Å². The van der Waals surface area contributed by atoms with Gasteiger partial charge in [-0.2, -0.15) is 0 Å². The second-order valence-corrected chi connectivity index (χ2v) is 7.82. The molecule has 0 unspecified atom stereocenters. The molecule has 0 aliphatic heterocycles. The largest absolute Gasteiger partial charge is 0.395 e. The molecule has 6 rings (SSSR count). The van der Waals surface area contributed by atoms with Crippen LogP contribution in [-0.4, -0.2) is 32.6 Å². The van der Waals surface area contributed by atoms with Gasteiger partial charge in [0.15, 0.2) is 0 Å². The number of benzene rings is 4. The molecule has 0 amide bonds. The van der Waals surface area contributed by atoms with Crippen molar-refractivity contribution < 1.29 is 10.2 Å². The molecule has 0 aliphatic rings. The van der Waals surface area contributed by atoms with Crippen LogP contribution in [0.15, 0.2) is 97.1 Å². The van der Waals surface area contributed by atoms with E-state index in [1.54, 1.807) is 0 Å². The lowest BCUT2D eigenvalue weighted by molar-refractivity contribution is 0.279. The number of para-hydroxylation sites is 4. The van der Waals surface area contributed by atoms with Crippen LogP contribution in [0.1, 0.15) is 0 Å². The van der Waals surface area contributed by atoms with E-state index in [2.05, 4.69) is 81.9 Å². The Morgan fingerprint density at radius 3 is 0.906 bits per heavy atom. The van der Waals surface area contributed by atoms with Gasteiger partial charge in [0.2, 0.25) is 0 Å². The molecule has 0 saturated heterocycles. The molecule has 0 aliphatic carbocycles. The first-order valence-corrected chi connectivity index (χ1v) is 11.0. The highest BCUT2D eigenvalue weighted by Gasteiger charge is 2.09. The zero-order valence-corrected chi connectivity index (χ0v) is 17.9. The van der Waals surface area contributed by atoms with E-state index in [-0.39, 0.29) is 13.2 Å². The number of nitrogens with zero attached hydrogens (tertiary/aromatic N) is 2. The van der Waals surface area contributed by atoms with E-state index in [1.165, 1.54) is 43.6 Å². The minimum absolute atomic E-state index is 0.169. The summed E-state index contributed by atoms with van der Waals surface area (Å²) < 4.78 is 4.34. The van der Waals surface area contributed by atoms with Crippen LogP contribution in [-0.2, 0) is 13.1 Å². The van der Waals surface area contributed by atoms with Crippen molar-refractivity contribution in [2.75, 3.05) is 13.2 Å². The molecule has 2 aromatic heterocycles. The molecule has 6 aromatic rings. The van der Waals surface area contributed by atoms with Gasteiger partial charge in [0.1, 0.15) is 0 Å². The van der Waals surface area contributed by atoms with Gasteiger partial charge in [-0.05, 0) is 24.3 Å². The van der Waals surface area contributed by atoms with Crippen molar-refractivity contribution in [1.82, 2.24) is 9.13 Å². The fraction of sp³-hybridized carbons (Fsp3) is 0.143. The van der Waals surface area contributed by atoms with Crippen LogP contribution in [0.25, 0.3) is 43.6 Å². The summed E-state index contributed by atoms with van der Waals surface area (Å²) in [5.41, 5.74) is 4.77. The topological polar surface area (TPSA) is 50.3 Å². The SMILES string of the molecule is OCCn1c2ccccc2c2ccccc21.OCCn1c2ccccc2c2ccccc21. The van der Waals surface area contributed by atoms with Crippen molar-refractivity contribution in [2.24, 2.45) is 0 Å². The van der Waals surface area contributed by atoms with Gasteiger partial charge in [0.25, 0.3) is 0 Å². The highest BCUT2D eigenvalue weighted by molar-refractivity contribution is 6.08. The first-order chi connectivity index (χ1) is 15.8. The van der Waals surface area contributed by atoms with Crippen molar-refractivity contribution >= 4 is 43.6 Å². The Morgan fingerprint density at radius 1 is 0.406 bits per heavy atom. The molecule has 4 aromatic carbocycles. The predicted octanol–water partition coefficient (Wildman–Crippen LogP) is 5.57. The molecule has 0 saturated carbocycles. The van der Waals surface area contributed by atoms with Gasteiger partial charge in [-0.1, -0.05) is 72.8 Å². The van der Waals surface area contributed by atoms with Crippen molar-refractivity contribution in [3.8, 4) is 0 Å². The second-order valence-electron chi connectivity index (χ2n) is 7.82.